The van der Waals surface area contributed by atoms with Gasteiger partial charge in [0.05, 0.1) is 19.3 Å². The maximum absolute atomic E-state index is 13.3. The van der Waals surface area contributed by atoms with Gasteiger partial charge in [0.15, 0.2) is 0 Å². The van der Waals surface area contributed by atoms with Crippen LogP contribution in [0.25, 0.3) is 5.57 Å². The number of carbonyl (C=O) groups excluding carboxylic acids is 1. The summed E-state index contributed by atoms with van der Waals surface area (Å²) in [6, 6.07) is 9.36. The molecule has 0 fully saturated rings. The Balaban J connectivity index is 2.47. The first-order valence-corrected chi connectivity index (χ1v) is 7.40. The van der Waals surface area contributed by atoms with Gasteiger partial charge >= 0.3 is 5.97 Å². The van der Waals surface area contributed by atoms with Crippen LogP contribution in [-0.2, 0) is 9.53 Å². The zero-order chi connectivity index (χ0) is 17.7. The van der Waals surface area contributed by atoms with Gasteiger partial charge in [-0.2, -0.15) is 0 Å². The molecule has 0 bridgehead atoms. The third-order valence-corrected chi connectivity index (χ3v) is 3.54. The lowest BCUT2D eigenvalue weighted by Crippen LogP contribution is -2.07. The van der Waals surface area contributed by atoms with E-state index in [1.165, 1.54) is 25.3 Å². The molecule has 4 nitrogen and oxygen atoms in total. The first kappa shape index (κ1) is 17.7. The van der Waals surface area contributed by atoms with Gasteiger partial charge in [0, 0.05) is 6.07 Å². The summed E-state index contributed by atoms with van der Waals surface area (Å²) >= 11 is 0. The second-order valence-corrected chi connectivity index (χ2v) is 5.28. The molecule has 0 atom stereocenters. The molecule has 0 aliphatic carbocycles. The minimum atomic E-state index is -0.548. The molecule has 126 valence electrons. The van der Waals surface area contributed by atoms with E-state index < -0.39 is 11.8 Å². The fourth-order valence-electron chi connectivity index (χ4n) is 2.39. The number of carbonyl (C=O) groups is 1. The van der Waals surface area contributed by atoms with E-state index in [0.717, 1.165) is 11.1 Å². The van der Waals surface area contributed by atoms with Crippen LogP contribution in [0.15, 0.2) is 42.5 Å². The molecule has 0 saturated carbocycles. The van der Waals surface area contributed by atoms with Gasteiger partial charge in [-0.15, -0.1) is 0 Å². The molecule has 0 aromatic heterocycles. The molecular formula is C19H19FO4. The van der Waals surface area contributed by atoms with Gasteiger partial charge in [0.25, 0.3) is 0 Å². The summed E-state index contributed by atoms with van der Waals surface area (Å²) in [6.45, 7) is 3.42. The molecule has 5 heteroatoms. The van der Waals surface area contributed by atoms with Crippen molar-refractivity contribution in [2.45, 2.75) is 13.8 Å². The van der Waals surface area contributed by atoms with Gasteiger partial charge in [0.2, 0.25) is 0 Å². The molecule has 0 heterocycles. The topological polar surface area (TPSA) is 55.8 Å². The number of esters is 1. The molecule has 24 heavy (non-hydrogen) atoms. The maximum Gasteiger partial charge on any atom is 0.338 e. The molecule has 0 aliphatic rings. The lowest BCUT2D eigenvalue weighted by atomic mass is 9.97. The zero-order valence-electron chi connectivity index (χ0n) is 13.8. The number of rotatable bonds is 5. The third-order valence-electron chi connectivity index (χ3n) is 3.54. The minimum Gasteiger partial charge on any atom is -0.465 e. The summed E-state index contributed by atoms with van der Waals surface area (Å²) in [5, 5.41) is 9.17. The zero-order valence-corrected chi connectivity index (χ0v) is 13.8. The van der Waals surface area contributed by atoms with Crippen LogP contribution in [0.2, 0.25) is 0 Å². The van der Waals surface area contributed by atoms with Crippen molar-refractivity contribution in [3.05, 3.63) is 65.0 Å². The number of aliphatic hydroxyl groups excluding tert-OH is 1. The van der Waals surface area contributed by atoms with Gasteiger partial charge < -0.3 is 14.6 Å². The summed E-state index contributed by atoms with van der Waals surface area (Å²) in [5.74, 6) is -0.0896. The summed E-state index contributed by atoms with van der Waals surface area (Å²) in [7, 11) is 1.28. The lowest BCUT2D eigenvalue weighted by molar-refractivity contribution is -0.133. The van der Waals surface area contributed by atoms with E-state index in [1.54, 1.807) is 18.2 Å². The molecule has 2 aromatic carbocycles. The molecule has 0 unspecified atom stereocenters. The molecule has 0 saturated heterocycles. The van der Waals surface area contributed by atoms with Crippen molar-refractivity contribution < 1.29 is 23.8 Å². The first-order chi connectivity index (χ1) is 11.5. The molecule has 2 aromatic rings. The fourth-order valence-corrected chi connectivity index (χ4v) is 2.39. The Hall–Kier alpha value is -2.66. The minimum absolute atomic E-state index is 0.251. The standard InChI is InChI=1S/C19H19FO4/c1-12-9-13(2)18(24-15-6-4-5-14(20)10-15)11-17(12)16(7-8-21)19(22)23-3/h4-7,9-11,21H,8H2,1-3H3/b16-7+. The van der Waals surface area contributed by atoms with Crippen molar-refractivity contribution in [2.75, 3.05) is 13.7 Å². The average molecular weight is 330 g/mol. The van der Waals surface area contributed by atoms with E-state index in [2.05, 4.69) is 0 Å². The van der Waals surface area contributed by atoms with Crippen molar-refractivity contribution in [3.63, 3.8) is 0 Å². The van der Waals surface area contributed by atoms with Crippen LogP contribution in [0.3, 0.4) is 0 Å². The van der Waals surface area contributed by atoms with Crippen LogP contribution < -0.4 is 4.74 Å². The Morgan fingerprint density at radius 2 is 1.96 bits per heavy atom. The van der Waals surface area contributed by atoms with Crippen molar-refractivity contribution in [2.24, 2.45) is 0 Å². The maximum atomic E-state index is 13.3. The fraction of sp³-hybridized carbons (Fsp3) is 0.211. The number of aryl methyl sites for hydroxylation is 2. The van der Waals surface area contributed by atoms with E-state index in [-0.39, 0.29) is 12.2 Å². The number of methoxy groups -OCH3 is 1. The summed E-state index contributed by atoms with van der Waals surface area (Å²) in [5.41, 5.74) is 2.52. The molecule has 1 N–H and O–H groups in total. The predicted molar refractivity (Wildman–Crippen MR) is 89.5 cm³/mol. The van der Waals surface area contributed by atoms with Crippen molar-refractivity contribution in [3.8, 4) is 11.5 Å². The largest absolute Gasteiger partial charge is 0.465 e. The smallest absolute Gasteiger partial charge is 0.338 e. The lowest BCUT2D eigenvalue weighted by Gasteiger charge is -2.15. The highest BCUT2D eigenvalue weighted by atomic mass is 19.1. The Kier molecular flexibility index (Phi) is 5.71. The van der Waals surface area contributed by atoms with Crippen molar-refractivity contribution >= 4 is 11.5 Å². The second-order valence-electron chi connectivity index (χ2n) is 5.28. The van der Waals surface area contributed by atoms with Crippen molar-refractivity contribution in [1.82, 2.24) is 0 Å². The third kappa shape index (κ3) is 4.00. The molecule has 0 radical (unpaired) electrons. The van der Waals surface area contributed by atoms with Crippen LogP contribution in [-0.4, -0.2) is 24.8 Å². The van der Waals surface area contributed by atoms with Gasteiger partial charge in [0.1, 0.15) is 17.3 Å². The number of ether oxygens (including phenoxy) is 2. The monoisotopic (exact) mass is 330 g/mol. The van der Waals surface area contributed by atoms with Gasteiger partial charge in [-0.05, 0) is 54.8 Å². The summed E-state index contributed by atoms with van der Waals surface area (Å²) < 4.78 is 23.8. The van der Waals surface area contributed by atoms with Crippen LogP contribution >= 0.6 is 0 Å². The Morgan fingerprint density at radius 3 is 2.58 bits per heavy atom. The SMILES string of the molecule is COC(=O)/C(=C/CO)c1cc(Oc2cccc(F)c2)c(C)cc1C. The predicted octanol–water partition coefficient (Wildman–Crippen LogP) is 3.78. The highest BCUT2D eigenvalue weighted by Crippen LogP contribution is 2.31. The Morgan fingerprint density at radius 1 is 1.21 bits per heavy atom. The summed E-state index contributed by atoms with van der Waals surface area (Å²) in [4.78, 5) is 12.0. The van der Waals surface area contributed by atoms with Crippen LogP contribution in [0, 0.1) is 19.7 Å². The van der Waals surface area contributed by atoms with Gasteiger partial charge in [-0.25, -0.2) is 9.18 Å². The molecule has 0 aliphatic heterocycles. The molecular weight excluding hydrogens is 311 g/mol. The first-order valence-electron chi connectivity index (χ1n) is 7.40. The quantitative estimate of drug-likeness (QED) is 0.669. The van der Waals surface area contributed by atoms with E-state index in [9.17, 15) is 9.18 Å². The normalized spacial score (nSPS) is 11.3. The highest BCUT2D eigenvalue weighted by molar-refractivity contribution is 6.17. The molecule has 0 spiro atoms. The number of hydrogen-bond acceptors (Lipinski definition) is 4. The van der Waals surface area contributed by atoms with E-state index >= 15 is 0 Å². The summed E-state index contributed by atoms with van der Waals surface area (Å²) in [6.07, 6.45) is 1.38. The van der Waals surface area contributed by atoms with Crippen molar-refractivity contribution in [1.29, 1.82) is 0 Å². The highest BCUT2D eigenvalue weighted by Gasteiger charge is 2.17. The average Bonchev–Trinajstić information content (AvgIpc) is 2.55. The number of benzene rings is 2. The van der Waals surface area contributed by atoms with E-state index in [0.29, 0.717) is 17.1 Å². The Labute approximate surface area is 140 Å². The number of aliphatic hydroxyl groups is 1. The van der Waals surface area contributed by atoms with Gasteiger partial charge in [-0.1, -0.05) is 12.1 Å². The van der Waals surface area contributed by atoms with Gasteiger partial charge in [-0.3, -0.25) is 0 Å². The van der Waals surface area contributed by atoms with Crippen LogP contribution in [0.5, 0.6) is 11.5 Å². The number of hydrogen-bond donors (Lipinski definition) is 1. The Bertz CT molecular complexity index is 781. The van der Waals surface area contributed by atoms with E-state index in [4.69, 9.17) is 14.6 Å². The molecule has 2 rings (SSSR count). The second kappa shape index (κ2) is 7.75. The van der Waals surface area contributed by atoms with E-state index in [1.807, 2.05) is 19.9 Å². The van der Waals surface area contributed by atoms with Crippen LogP contribution in [0.1, 0.15) is 16.7 Å². The van der Waals surface area contributed by atoms with Crippen LogP contribution in [0.4, 0.5) is 4.39 Å². The molecule has 0 amide bonds. The number of halogens is 1.